The molecule has 0 bridgehead atoms. The van der Waals surface area contributed by atoms with Crippen molar-refractivity contribution in [2.45, 2.75) is 69.2 Å². The van der Waals surface area contributed by atoms with E-state index in [0.29, 0.717) is 58.2 Å². The minimum Gasteiger partial charge on any atom is -0.496 e. The number of amides is 1. The number of rotatable bonds is 20. The summed E-state index contributed by atoms with van der Waals surface area (Å²) in [6, 6.07) is 33.0. The average Bonchev–Trinajstić information content (AvgIpc) is 3.36. The van der Waals surface area contributed by atoms with Crippen LogP contribution in [-0.2, 0) is 16.1 Å². The predicted octanol–water partition coefficient (Wildman–Crippen LogP) is 9.93. The minimum atomic E-state index is -1.51. The van der Waals surface area contributed by atoms with Gasteiger partial charge >= 0.3 is 0 Å². The molecule has 346 valence electrons. The Labute approximate surface area is 391 Å². The number of fused-ring (bicyclic) bond motifs is 3. The van der Waals surface area contributed by atoms with Crippen molar-refractivity contribution in [2.75, 3.05) is 34.0 Å². The van der Waals surface area contributed by atoms with Gasteiger partial charge in [-0.05, 0) is 120 Å². The Kier molecular flexibility index (Phi) is 14.8. The molecular formula is C55H57N3O9. The van der Waals surface area contributed by atoms with E-state index in [9.17, 15) is 20.3 Å². The zero-order valence-corrected chi connectivity index (χ0v) is 38.0. The van der Waals surface area contributed by atoms with Crippen molar-refractivity contribution in [2.24, 2.45) is 22.9 Å². The fourth-order valence-electron chi connectivity index (χ4n) is 10.6. The lowest BCUT2D eigenvalue weighted by Gasteiger charge is -2.60. The maximum atomic E-state index is 15.5. The van der Waals surface area contributed by atoms with E-state index in [1.807, 2.05) is 47.4 Å². The third kappa shape index (κ3) is 9.45. The molecular weight excluding hydrogens is 847 g/mol. The Morgan fingerprint density at radius 3 is 2.42 bits per heavy atom. The van der Waals surface area contributed by atoms with Crippen LogP contribution in [-0.4, -0.2) is 78.9 Å². The molecule has 0 aromatic heterocycles. The highest BCUT2D eigenvalue weighted by Crippen LogP contribution is 2.62. The molecule has 0 spiro atoms. The summed E-state index contributed by atoms with van der Waals surface area (Å²) >= 11 is 0. The second kappa shape index (κ2) is 21.2. The van der Waals surface area contributed by atoms with Crippen LogP contribution in [0.25, 0.3) is 10.8 Å². The van der Waals surface area contributed by atoms with Crippen LogP contribution in [0.5, 0.6) is 23.0 Å². The van der Waals surface area contributed by atoms with Crippen LogP contribution in [0.3, 0.4) is 0 Å². The molecule has 1 heterocycles. The van der Waals surface area contributed by atoms with Crippen LogP contribution in [0.15, 0.2) is 133 Å². The van der Waals surface area contributed by atoms with Gasteiger partial charge in [-0.1, -0.05) is 72.6 Å². The summed E-state index contributed by atoms with van der Waals surface area (Å²) in [4.78, 5) is 35.0. The first-order chi connectivity index (χ1) is 32.8. The summed E-state index contributed by atoms with van der Waals surface area (Å²) in [5.74, 6) is -0.669. The SMILES string of the molecule is C=CCO[C@@]12Oc3ccc(Oc4ccc(OC)c(C=O)c4)cc3[C@H]3[C@H](CCCCO)[C@@H](CCCCO)C=C(C(=NOC)C[C@@H]1N(Cc1cccc4ccccc14)C(=O)c1ccc(C#N)cc1)[C@H]32. The molecule has 1 saturated carbocycles. The lowest BCUT2D eigenvalue weighted by molar-refractivity contribution is -0.255. The number of aldehydes is 1. The number of nitrogens with zero attached hydrogens (tertiary/aromatic N) is 3. The van der Waals surface area contributed by atoms with Crippen LogP contribution in [0.2, 0.25) is 0 Å². The maximum Gasteiger partial charge on any atom is 0.254 e. The van der Waals surface area contributed by atoms with Crippen LogP contribution < -0.4 is 14.2 Å². The monoisotopic (exact) mass is 903 g/mol. The zero-order valence-electron chi connectivity index (χ0n) is 38.0. The van der Waals surface area contributed by atoms with E-state index < -0.39 is 17.7 Å². The topological polar surface area (TPSA) is 160 Å². The highest BCUT2D eigenvalue weighted by Gasteiger charge is 2.65. The largest absolute Gasteiger partial charge is 0.496 e. The van der Waals surface area contributed by atoms with Gasteiger partial charge in [0.15, 0.2) is 6.29 Å². The summed E-state index contributed by atoms with van der Waals surface area (Å²) in [5, 5.41) is 36.5. The molecule has 2 aliphatic carbocycles. The number of methoxy groups -OCH3 is 1. The lowest BCUT2D eigenvalue weighted by Crippen LogP contribution is -2.70. The third-order valence-corrected chi connectivity index (χ3v) is 13.5. The smallest absolute Gasteiger partial charge is 0.254 e. The standard InChI is InChI=1S/C55H57N3O9/c1-4-28-65-55-51(58(54(62)38-20-18-36(33-56)19-21-38)34-40-15-11-14-37-12-5-6-16-44(37)40)32-48(57-64-3)46-30-39(13-7-9-26-59)45(17-8-10-27-60)52(53(46)55)47-31-43(23-25-50(47)67-55)66-42-22-24-49(63-2)41(29-42)35-61/h4-6,11-12,14-16,18-25,29-31,35,39,45,51-53,59-60H,1,7-10,13,17,26-28,32,34H2,2-3H3/t39-,45+,51-,52+,53+,55+/m0/s1. The van der Waals surface area contributed by atoms with E-state index in [4.69, 9.17) is 28.9 Å². The number of benzene rings is 5. The van der Waals surface area contributed by atoms with E-state index >= 15 is 4.79 Å². The molecule has 12 heteroatoms. The Hall–Kier alpha value is -6.78. The zero-order chi connectivity index (χ0) is 46.9. The quantitative estimate of drug-likeness (QED) is 0.0333. The number of carbonyl (C=O) groups is 2. The molecule has 2 N–H and O–H groups in total. The number of ether oxygens (including phenoxy) is 4. The molecule has 8 rings (SSSR count). The number of nitriles is 1. The fourth-order valence-corrected chi connectivity index (χ4v) is 10.6. The van der Waals surface area contributed by atoms with Gasteiger partial charge < -0.3 is 38.9 Å². The first kappa shape index (κ1) is 46.7. The van der Waals surface area contributed by atoms with Crippen molar-refractivity contribution in [3.63, 3.8) is 0 Å². The van der Waals surface area contributed by atoms with E-state index in [-0.39, 0.29) is 56.4 Å². The summed E-state index contributed by atoms with van der Waals surface area (Å²) in [6.45, 7) is 4.48. The predicted molar refractivity (Wildman–Crippen MR) is 255 cm³/mol. The molecule has 1 aliphatic heterocycles. The van der Waals surface area contributed by atoms with E-state index in [1.54, 1.807) is 48.5 Å². The molecule has 6 atom stereocenters. The van der Waals surface area contributed by atoms with Gasteiger partial charge in [-0.25, -0.2) is 0 Å². The number of aliphatic hydroxyl groups excluding tert-OH is 2. The first-order valence-corrected chi connectivity index (χ1v) is 23.0. The molecule has 12 nitrogen and oxygen atoms in total. The van der Waals surface area contributed by atoms with Crippen LogP contribution in [0.4, 0.5) is 0 Å². The van der Waals surface area contributed by atoms with Crippen LogP contribution in [0.1, 0.15) is 88.3 Å². The Balaban J connectivity index is 1.36. The number of allylic oxidation sites excluding steroid dienone is 1. The van der Waals surface area contributed by atoms with Crippen molar-refractivity contribution in [3.8, 4) is 29.1 Å². The highest BCUT2D eigenvalue weighted by molar-refractivity contribution is 6.03. The van der Waals surface area contributed by atoms with Crippen molar-refractivity contribution < 1.29 is 43.6 Å². The van der Waals surface area contributed by atoms with Gasteiger partial charge in [0.1, 0.15) is 36.1 Å². The third-order valence-electron chi connectivity index (χ3n) is 13.5. The minimum absolute atomic E-state index is 0.0189. The van der Waals surface area contributed by atoms with Gasteiger partial charge in [-0.2, -0.15) is 5.26 Å². The fraction of sp³-hybridized carbons (Fsp3) is 0.345. The van der Waals surface area contributed by atoms with Gasteiger partial charge in [0, 0.05) is 43.2 Å². The maximum absolute atomic E-state index is 15.5. The first-order valence-electron chi connectivity index (χ1n) is 23.0. The van der Waals surface area contributed by atoms with Gasteiger partial charge in [-0.3, -0.25) is 9.59 Å². The average molecular weight is 904 g/mol. The number of oxime groups is 1. The van der Waals surface area contributed by atoms with Gasteiger partial charge in [0.25, 0.3) is 5.91 Å². The molecule has 3 aliphatic rings. The Bertz CT molecular complexity index is 2680. The second-order valence-corrected chi connectivity index (χ2v) is 17.3. The van der Waals surface area contributed by atoms with Crippen LogP contribution >= 0.6 is 0 Å². The number of hydrogen-bond donors (Lipinski definition) is 2. The van der Waals surface area contributed by atoms with Crippen molar-refractivity contribution in [1.82, 2.24) is 4.90 Å². The van der Waals surface area contributed by atoms with Gasteiger partial charge in [-0.15, -0.1) is 6.58 Å². The summed E-state index contributed by atoms with van der Waals surface area (Å²) in [5.41, 5.74) is 4.55. The molecule has 0 saturated heterocycles. The van der Waals surface area contributed by atoms with Crippen LogP contribution in [0, 0.1) is 29.1 Å². The molecule has 0 radical (unpaired) electrons. The highest BCUT2D eigenvalue weighted by atomic mass is 16.7. The summed E-state index contributed by atoms with van der Waals surface area (Å²) in [6.07, 6.45) is 9.28. The van der Waals surface area contributed by atoms with E-state index in [2.05, 4.69) is 36.9 Å². The number of aliphatic hydroxyl groups is 2. The van der Waals surface area contributed by atoms with Crippen molar-refractivity contribution >= 4 is 28.7 Å². The molecule has 1 fully saturated rings. The molecule has 5 aromatic rings. The molecule has 67 heavy (non-hydrogen) atoms. The Morgan fingerprint density at radius 1 is 0.940 bits per heavy atom. The van der Waals surface area contributed by atoms with E-state index in [0.717, 1.165) is 59.4 Å². The number of hydrogen-bond acceptors (Lipinski definition) is 11. The van der Waals surface area contributed by atoms with Gasteiger partial charge in [0.05, 0.1) is 42.5 Å². The van der Waals surface area contributed by atoms with Gasteiger partial charge in [0.2, 0.25) is 5.79 Å². The lowest BCUT2D eigenvalue weighted by atomic mass is 9.55. The normalized spacial score (nSPS) is 22.0. The van der Waals surface area contributed by atoms with Crippen molar-refractivity contribution in [1.29, 1.82) is 5.26 Å². The summed E-state index contributed by atoms with van der Waals surface area (Å²) < 4.78 is 26.6. The van der Waals surface area contributed by atoms with Crippen molar-refractivity contribution in [3.05, 3.63) is 155 Å². The summed E-state index contributed by atoms with van der Waals surface area (Å²) in [7, 11) is 3.03. The molecule has 1 amide bonds. The second-order valence-electron chi connectivity index (χ2n) is 17.3. The van der Waals surface area contributed by atoms with E-state index in [1.165, 1.54) is 14.2 Å². The Morgan fingerprint density at radius 2 is 1.69 bits per heavy atom. The number of unbranched alkanes of at least 4 members (excludes halogenated alkanes) is 2. The number of carbonyl (C=O) groups excluding carboxylic acids is 2. The molecule has 5 aromatic carbocycles. The molecule has 0 unspecified atom stereocenters.